The number of hydrogen-bond donors (Lipinski definition) is 2. The van der Waals surface area contributed by atoms with E-state index in [2.05, 4.69) is 10.5 Å². The fourth-order valence-corrected chi connectivity index (χ4v) is 1.83. The van der Waals surface area contributed by atoms with Crippen LogP contribution in [-0.4, -0.2) is 32.4 Å². The van der Waals surface area contributed by atoms with E-state index in [0.29, 0.717) is 24.7 Å². The van der Waals surface area contributed by atoms with Crippen molar-refractivity contribution in [2.45, 2.75) is 26.4 Å². The summed E-state index contributed by atoms with van der Waals surface area (Å²) in [6, 6.07) is 6.50. The summed E-state index contributed by atoms with van der Waals surface area (Å²) in [6.45, 7) is 5.21. The van der Waals surface area contributed by atoms with Gasteiger partial charge in [0, 0.05) is 13.5 Å². The maximum absolute atomic E-state index is 11.7. The predicted octanol–water partition coefficient (Wildman–Crippen LogP) is 2.97. The van der Waals surface area contributed by atoms with Gasteiger partial charge in [0.2, 0.25) is 0 Å². The van der Waals surface area contributed by atoms with E-state index >= 15 is 0 Å². The quantitative estimate of drug-likeness (QED) is 0.661. The maximum Gasteiger partial charge on any atom is 0.343 e. The summed E-state index contributed by atoms with van der Waals surface area (Å²) in [5.74, 6) is 0.512. The number of nitrogens with one attached hydrogen (secondary N) is 2. The fraction of sp³-hybridized carbons (Fsp3) is 0.500. The second-order valence-electron chi connectivity index (χ2n) is 4.04. The number of amides is 2. The largest absolute Gasteiger partial charge is 0.486 e. The van der Waals surface area contributed by atoms with Crippen LogP contribution in [0.1, 0.15) is 20.3 Å². The predicted molar refractivity (Wildman–Crippen MR) is 79.7 cm³/mol. The average Bonchev–Trinajstić information content (AvgIpc) is 3.04. The van der Waals surface area contributed by atoms with Gasteiger partial charge in [-0.25, -0.2) is 4.79 Å². The Morgan fingerprint density at radius 3 is 2.76 bits per heavy atom. The summed E-state index contributed by atoms with van der Waals surface area (Å²) in [5.41, 5.74) is 7.56. The minimum absolute atomic E-state index is 0.0292. The average molecular weight is 294 g/mol. The third-order valence-corrected chi connectivity index (χ3v) is 2.78. The van der Waals surface area contributed by atoms with Crippen LogP contribution in [0.15, 0.2) is 29.5 Å². The second kappa shape index (κ2) is 8.91. The molecule has 0 saturated carbocycles. The highest BCUT2D eigenvalue weighted by Gasteiger charge is 2.22. The van der Waals surface area contributed by atoms with Gasteiger partial charge in [0.25, 0.3) is 0 Å². The molecule has 1 saturated heterocycles. The maximum atomic E-state index is 11.7. The van der Waals surface area contributed by atoms with Crippen molar-refractivity contribution in [3.63, 3.8) is 0 Å². The monoisotopic (exact) mass is 294 g/mol. The Morgan fingerprint density at radius 2 is 2.19 bits per heavy atom. The van der Waals surface area contributed by atoms with E-state index in [-0.39, 0.29) is 6.10 Å². The SMILES string of the molecule is CC.CNC(=O)N(N=N)c1ccccc1O[C@H]1CCOC1. The third-order valence-electron chi connectivity index (χ3n) is 2.78. The molecule has 21 heavy (non-hydrogen) atoms. The summed E-state index contributed by atoms with van der Waals surface area (Å²) in [7, 11) is 1.48. The molecule has 1 atom stereocenters. The zero-order valence-corrected chi connectivity index (χ0v) is 12.6. The van der Waals surface area contributed by atoms with Crippen molar-refractivity contribution < 1.29 is 14.3 Å². The van der Waals surface area contributed by atoms with Gasteiger partial charge in [-0.3, -0.25) is 0 Å². The lowest BCUT2D eigenvalue weighted by Gasteiger charge is -2.20. The molecule has 1 aliphatic heterocycles. The Kier molecular flexibility index (Phi) is 7.17. The lowest BCUT2D eigenvalue weighted by atomic mass is 10.2. The van der Waals surface area contributed by atoms with Crippen molar-refractivity contribution in [3.05, 3.63) is 24.3 Å². The molecule has 0 radical (unpaired) electrons. The molecule has 7 heteroatoms. The van der Waals surface area contributed by atoms with Crippen LogP contribution in [0.2, 0.25) is 0 Å². The molecule has 2 amide bonds. The molecule has 0 aliphatic carbocycles. The number of benzene rings is 1. The number of carbonyl (C=O) groups excluding carboxylic acids is 1. The molecule has 2 N–H and O–H groups in total. The van der Waals surface area contributed by atoms with Crippen molar-refractivity contribution in [1.82, 2.24) is 5.32 Å². The molecular weight excluding hydrogens is 272 g/mol. The molecule has 116 valence electrons. The molecule has 1 aromatic carbocycles. The molecule has 1 fully saturated rings. The van der Waals surface area contributed by atoms with Crippen LogP contribution >= 0.6 is 0 Å². The van der Waals surface area contributed by atoms with Gasteiger partial charge in [-0.2, -0.15) is 10.5 Å². The molecule has 0 unspecified atom stereocenters. The van der Waals surface area contributed by atoms with Gasteiger partial charge >= 0.3 is 6.03 Å². The van der Waals surface area contributed by atoms with Gasteiger partial charge in [0.1, 0.15) is 17.5 Å². The van der Waals surface area contributed by atoms with Crippen molar-refractivity contribution >= 4 is 11.7 Å². The zero-order valence-electron chi connectivity index (χ0n) is 12.6. The molecular formula is C14H22N4O3. The number of rotatable bonds is 4. The van der Waals surface area contributed by atoms with Gasteiger partial charge in [-0.1, -0.05) is 31.2 Å². The summed E-state index contributed by atoms with van der Waals surface area (Å²) < 4.78 is 11.0. The Hall–Kier alpha value is -2.15. The van der Waals surface area contributed by atoms with Crippen LogP contribution in [0.3, 0.4) is 0 Å². The number of ether oxygens (including phenoxy) is 2. The van der Waals surface area contributed by atoms with Crippen LogP contribution in [0.4, 0.5) is 10.5 Å². The summed E-state index contributed by atoms with van der Waals surface area (Å²) in [4.78, 5) is 11.7. The number of nitrogens with zero attached hydrogens (tertiary/aromatic N) is 2. The minimum atomic E-state index is -0.492. The lowest BCUT2D eigenvalue weighted by Crippen LogP contribution is -2.34. The van der Waals surface area contributed by atoms with Crippen molar-refractivity contribution in [3.8, 4) is 5.75 Å². The van der Waals surface area contributed by atoms with Crippen molar-refractivity contribution in [2.24, 2.45) is 5.22 Å². The first-order valence-electron chi connectivity index (χ1n) is 6.99. The van der Waals surface area contributed by atoms with E-state index in [9.17, 15) is 4.79 Å². The first-order chi connectivity index (χ1) is 10.3. The van der Waals surface area contributed by atoms with E-state index in [1.807, 2.05) is 13.8 Å². The van der Waals surface area contributed by atoms with E-state index in [4.69, 9.17) is 15.0 Å². The van der Waals surface area contributed by atoms with E-state index in [1.165, 1.54) is 7.05 Å². The summed E-state index contributed by atoms with van der Waals surface area (Å²) in [6.07, 6.45) is 0.783. The first kappa shape index (κ1) is 16.9. The first-order valence-corrected chi connectivity index (χ1v) is 6.99. The topological polar surface area (TPSA) is 87.0 Å². The fourth-order valence-electron chi connectivity index (χ4n) is 1.83. The number of urea groups is 1. The third kappa shape index (κ3) is 4.42. The molecule has 1 heterocycles. The number of anilines is 1. The molecule has 7 nitrogen and oxygen atoms in total. The molecule has 0 bridgehead atoms. The van der Waals surface area contributed by atoms with Crippen LogP contribution in [-0.2, 0) is 4.74 Å². The molecule has 2 rings (SSSR count). The molecule has 1 aromatic rings. The highest BCUT2D eigenvalue weighted by atomic mass is 16.5. The minimum Gasteiger partial charge on any atom is -0.486 e. The lowest BCUT2D eigenvalue weighted by molar-refractivity contribution is 0.141. The Bertz CT molecular complexity index is 461. The zero-order chi connectivity index (χ0) is 15.7. The Balaban J connectivity index is 0.00000106. The van der Waals surface area contributed by atoms with Crippen LogP contribution in [0.5, 0.6) is 5.75 Å². The van der Waals surface area contributed by atoms with E-state index < -0.39 is 6.03 Å². The van der Waals surface area contributed by atoms with Gasteiger partial charge in [-0.05, 0) is 12.1 Å². The molecule has 0 spiro atoms. The molecule has 1 aliphatic rings. The van der Waals surface area contributed by atoms with Crippen LogP contribution in [0, 0.1) is 5.53 Å². The Morgan fingerprint density at radius 1 is 1.48 bits per heavy atom. The van der Waals surface area contributed by atoms with Crippen molar-refractivity contribution in [1.29, 1.82) is 5.53 Å². The van der Waals surface area contributed by atoms with Crippen LogP contribution in [0.25, 0.3) is 0 Å². The van der Waals surface area contributed by atoms with E-state index in [1.54, 1.807) is 24.3 Å². The number of carbonyl (C=O) groups is 1. The number of para-hydroxylation sites is 2. The summed E-state index contributed by atoms with van der Waals surface area (Å²) in [5, 5.41) is 6.60. The Labute approximate surface area is 124 Å². The number of hydrogen-bond acceptors (Lipinski definition) is 5. The second-order valence-corrected chi connectivity index (χ2v) is 4.04. The highest BCUT2D eigenvalue weighted by molar-refractivity contribution is 5.92. The molecule has 0 aromatic heterocycles. The van der Waals surface area contributed by atoms with Crippen molar-refractivity contribution in [2.75, 3.05) is 25.3 Å². The van der Waals surface area contributed by atoms with E-state index in [0.717, 1.165) is 11.4 Å². The van der Waals surface area contributed by atoms with Gasteiger partial charge in [0.05, 0.1) is 13.2 Å². The standard InChI is InChI=1S/C12H16N4O3.C2H6/c1-14-12(17)16(15-13)10-4-2-3-5-11(10)19-9-6-7-18-8-9;1-2/h2-5,9,13H,6-8H2,1H3,(H,14,17);1-2H3/t9-;/m0./s1. The van der Waals surface area contributed by atoms with Crippen LogP contribution < -0.4 is 15.1 Å². The van der Waals surface area contributed by atoms with Gasteiger partial charge in [-0.15, -0.1) is 0 Å². The smallest absolute Gasteiger partial charge is 0.343 e. The normalized spacial score (nSPS) is 16.4. The summed E-state index contributed by atoms with van der Waals surface area (Å²) >= 11 is 0. The van der Waals surface area contributed by atoms with Gasteiger partial charge < -0.3 is 14.8 Å². The van der Waals surface area contributed by atoms with Gasteiger partial charge in [0.15, 0.2) is 0 Å². The highest BCUT2D eigenvalue weighted by Crippen LogP contribution is 2.30.